The van der Waals surface area contributed by atoms with Crippen LogP contribution >= 0.6 is 0 Å². The Morgan fingerprint density at radius 1 is 1.00 bits per heavy atom. The van der Waals surface area contributed by atoms with Crippen LogP contribution in [-0.4, -0.2) is 43.4 Å². The van der Waals surface area contributed by atoms with Crippen molar-refractivity contribution in [2.24, 2.45) is 5.92 Å². The minimum atomic E-state index is -3.92. The summed E-state index contributed by atoms with van der Waals surface area (Å²) in [5.41, 5.74) is 3.38. The Hall–Kier alpha value is -3.31. The molecule has 1 heterocycles. The van der Waals surface area contributed by atoms with Gasteiger partial charge in [-0.15, -0.1) is 0 Å². The summed E-state index contributed by atoms with van der Waals surface area (Å²) in [5, 5.41) is 13.9. The highest BCUT2D eigenvalue weighted by Gasteiger charge is 2.48. The van der Waals surface area contributed by atoms with Gasteiger partial charge < -0.3 is 20.1 Å². The summed E-state index contributed by atoms with van der Waals surface area (Å²) in [7, 11) is -2.32. The molecule has 0 bridgehead atoms. The predicted molar refractivity (Wildman–Crippen MR) is 151 cm³/mol. The molecule has 1 aliphatic heterocycles. The van der Waals surface area contributed by atoms with Crippen LogP contribution in [0.2, 0.25) is 0 Å². The van der Waals surface area contributed by atoms with Crippen molar-refractivity contribution in [1.29, 1.82) is 0 Å². The summed E-state index contributed by atoms with van der Waals surface area (Å²) < 4.78 is 49.0. The first kappa shape index (κ1) is 29.7. The number of unbranched alkanes of at least 4 members (excludes halogenated alkanes) is 1. The lowest BCUT2D eigenvalue weighted by atomic mass is 9.78. The molecule has 1 aliphatic rings. The Bertz CT molecular complexity index is 1360. The van der Waals surface area contributed by atoms with E-state index in [1.165, 1.54) is 12.1 Å². The molecule has 40 heavy (non-hydrogen) atoms. The molecule has 3 N–H and O–H groups in total. The Balaban J connectivity index is 1.41. The lowest BCUT2D eigenvalue weighted by Crippen LogP contribution is -2.55. The zero-order chi connectivity index (χ0) is 28.7. The van der Waals surface area contributed by atoms with Gasteiger partial charge in [0, 0.05) is 12.2 Å². The van der Waals surface area contributed by atoms with Gasteiger partial charge in [-0.2, -0.15) is 8.42 Å². The number of benzene rings is 3. The molecule has 1 fully saturated rings. The van der Waals surface area contributed by atoms with Crippen LogP contribution in [0.4, 0.5) is 10.1 Å². The summed E-state index contributed by atoms with van der Waals surface area (Å²) in [5.74, 6) is -0.212. The number of methoxy groups -OCH3 is 1. The van der Waals surface area contributed by atoms with Gasteiger partial charge in [-0.25, -0.2) is 4.39 Å². The van der Waals surface area contributed by atoms with Crippen molar-refractivity contribution in [1.82, 2.24) is 5.32 Å². The number of nitrogens with zero attached hydrogens (tertiary/aromatic N) is 1. The largest absolute Gasteiger partial charge is 0.497 e. The molecule has 3 atom stereocenters. The Kier molecular flexibility index (Phi) is 9.91. The number of amides is 1. The number of carbonyl (C=O) groups is 1. The summed E-state index contributed by atoms with van der Waals surface area (Å²) in [4.78, 5) is 15.2. The zero-order valence-corrected chi connectivity index (χ0v) is 23.2. The molecule has 0 aliphatic carbocycles. The molecule has 3 aromatic carbocycles. The first-order valence-corrected chi connectivity index (χ1v) is 14.9. The normalized spacial score (nSPS) is 17.9. The van der Waals surface area contributed by atoms with Gasteiger partial charge in [-0.05, 0) is 85.3 Å². The lowest BCUT2D eigenvalue weighted by molar-refractivity contribution is -0.131. The van der Waals surface area contributed by atoms with Crippen molar-refractivity contribution in [2.45, 2.75) is 44.4 Å². The van der Waals surface area contributed by atoms with E-state index in [4.69, 9.17) is 9.29 Å². The number of nitrogens with one attached hydrogen (secondary N) is 1. The van der Waals surface area contributed by atoms with Crippen molar-refractivity contribution >= 4 is 21.7 Å². The molecule has 10 heteroatoms. The molecule has 0 radical (unpaired) electrons. The molecule has 4 rings (SSSR count). The van der Waals surface area contributed by atoms with Crippen LogP contribution in [-0.2, 0) is 21.5 Å². The maximum Gasteiger partial charge on any atom is 0.264 e. The van der Waals surface area contributed by atoms with Crippen molar-refractivity contribution in [3.05, 3.63) is 95.3 Å². The van der Waals surface area contributed by atoms with Crippen molar-refractivity contribution < 1.29 is 32.0 Å². The second-order valence-corrected chi connectivity index (χ2v) is 11.6. The maximum atomic E-state index is 13.4. The number of aliphatic hydroxyl groups is 1. The number of halogens is 1. The first-order chi connectivity index (χ1) is 19.2. The maximum absolute atomic E-state index is 13.4. The third-order valence-electron chi connectivity index (χ3n) is 7.23. The third kappa shape index (κ3) is 7.66. The number of hydrogen-bond acceptors (Lipinski definition) is 6. The fourth-order valence-corrected chi connectivity index (χ4v) is 5.60. The summed E-state index contributed by atoms with van der Waals surface area (Å²) in [6.45, 7) is 1.21. The van der Waals surface area contributed by atoms with E-state index < -0.39 is 16.2 Å². The van der Waals surface area contributed by atoms with Crippen LogP contribution in [0, 0.1) is 11.7 Å². The highest BCUT2D eigenvalue weighted by Crippen LogP contribution is 2.46. The van der Waals surface area contributed by atoms with Gasteiger partial charge in [-0.3, -0.25) is 9.35 Å². The molecule has 8 nitrogen and oxygen atoms in total. The second kappa shape index (κ2) is 13.4. The summed E-state index contributed by atoms with van der Waals surface area (Å²) in [6.07, 6.45) is 1.07. The smallest absolute Gasteiger partial charge is 0.264 e. The Morgan fingerprint density at radius 2 is 1.68 bits per heavy atom. The van der Waals surface area contributed by atoms with Gasteiger partial charge in [0.15, 0.2) is 0 Å². The molecule has 214 valence electrons. The first-order valence-electron chi connectivity index (χ1n) is 13.3. The van der Waals surface area contributed by atoms with Crippen LogP contribution in [0.5, 0.6) is 5.75 Å². The molecule has 3 aromatic rings. The van der Waals surface area contributed by atoms with Crippen LogP contribution < -0.4 is 15.0 Å². The van der Waals surface area contributed by atoms with Gasteiger partial charge in [0.2, 0.25) is 5.91 Å². The fourth-order valence-electron chi connectivity index (χ4n) is 5.03. The summed E-state index contributed by atoms with van der Waals surface area (Å²) in [6, 6.07) is 20.9. The Morgan fingerprint density at radius 3 is 2.30 bits per heavy atom. The van der Waals surface area contributed by atoms with Crippen LogP contribution in [0.15, 0.2) is 72.8 Å². The number of anilines is 1. The van der Waals surface area contributed by atoms with Gasteiger partial charge in [0.1, 0.15) is 11.6 Å². The number of β-lactam (4-membered cyclic amide) rings is 1. The number of hydrogen-bond donors (Lipinski definition) is 3. The van der Waals surface area contributed by atoms with E-state index in [0.29, 0.717) is 44.3 Å². The van der Waals surface area contributed by atoms with Crippen LogP contribution in [0.1, 0.15) is 54.5 Å². The summed E-state index contributed by atoms with van der Waals surface area (Å²) >= 11 is 0. The van der Waals surface area contributed by atoms with Gasteiger partial charge in [0.05, 0.1) is 30.9 Å². The molecule has 0 saturated carbocycles. The quantitative estimate of drug-likeness (QED) is 0.145. The van der Waals surface area contributed by atoms with E-state index in [1.54, 1.807) is 24.1 Å². The van der Waals surface area contributed by atoms with E-state index in [-0.39, 0.29) is 29.4 Å². The Labute approximate surface area is 234 Å². The number of carbonyl (C=O) groups excluding carboxylic acids is 1. The average molecular weight is 571 g/mol. The minimum Gasteiger partial charge on any atom is -0.497 e. The molecule has 1 saturated heterocycles. The van der Waals surface area contributed by atoms with Crippen LogP contribution in [0.3, 0.4) is 0 Å². The van der Waals surface area contributed by atoms with Gasteiger partial charge >= 0.3 is 0 Å². The van der Waals surface area contributed by atoms with Gasteiger partial charge in [0.25, 0.3) is 10.1 Å². The number of ether oxygens (including phenoxy) is 1. The molecule has 3 unspecified atom stereocenters. The SMILES string of the molecule is COc1ccc(C2C(CCC(O)c3ccc(F)cc3)C(=O)N2c2ccc(CNCCCCS(=O)(=O)O)cc2)cc1. The molecular formula is C30H35FN2O6S. The van der Waals surface area contributed by atoms with E-state index in [2.05, 4.69) is 5.32 Å². The molecule has 0 aromatic heterocycles. The number of rotatable bonds is 14. The minimum absolute atomic E-state index is 0.0168. The van der Waals surface area contributed by atoms with Crippen molar-refractivity contribution in [3.63, 3.8) is 0 Å². The van der Waals surface area contributed by atoms with Crippen LogP contribution in [0.25, 0.3) is 0 Å². The predicted octanol–water partition coefficient (Wildman–Crippen LogP) is 4.81. The van der Waals surface area contributed by atoms with E-state index >= 15 is 0 Å². The lowest BCUT2D eigenvalue weighted by Gasteiger charge is -2.48. The van der Waals surface area contributed by atoms with Crippen molar-refractivity contribution in [3.8, 4) is 5.75 Å². The van der Waals surface area contributed by atoms with E-state index in [0.717, 1.165) is 22.6 Å². The monoisotopic (exact) mass is 570 g/mol. The molecule has 1 amide bonds. The number of aliphatic hydroxyl groups excluding tert-OH is 1. The van der Waals surface area contributed by atoms with E-state index in [9.17, 15) is 22.7 Å². The van der Waals surface area contributed by atoms with Gasteiger partial charge in [-0.1, -0.05) is 36.4 Å². The highest BCUT2D eigenvalue weighted by atomic mass is 32.2. The highest BCUT2D eigenvalue weighted by molar-refractivity contribution is 7.85. The average Bonchev–Trinajstić information content (AvgIpc) is 2.94. The standard InChI is InChI=1S/C30H35FN2O6S/c1-39-26-14-8-23(9-15-26)29-27(16-17-28(34)22-6-10-24(31)11-7-22)30(35)33(29)25-12-4-21(5-13-25)20-32-18-2-3-19-40(36,37)38/h4-15,27-29,32,34H,2-3,16-20H2,1H3,(H,36,37,38). The zero-order valence-electron chi connectivity index (χ0n) is 22.4. The second-order valence-electron chi connectivity index (χ2n) is 10.0. The third-order valence-corrected chi connectivity index (χ3v) is 8.03. The van der Waals surface area contributed by atoms with E-state index in [1.807, 2.05) is 48.5 Å². The molecular weight excluding hydrogens is 535 g/mol. The topological polar surface area (TPSA) is 116 Å². The molecule has 0 spiro atoms. The fraction of sp³-hybridized carbons (Fsp3) is 0.367. The van der Waals surface area contributed by atoms with Crippen molar-refractivity contribution in [2.75, 3.05) is 24.3 Å².